The van der Waals surface area contributed by atoms with Crippen molar-refractivity contribution >= 4 is 5.91 Å². The molecule has 1 rings (SSSR count). The van der Waals surface area contributed by atoms with Gasteiger partial charge in [-0.15, -0.1) is 0 Å². The summed E-state index contributed by atoms with van der Waals surface area (Å²) in [6.07, 6.45) is 7.81. The Labute approximate surface area is 111 Å². The SMILES string of the molecule is CCCN(CCC)C(=O)C1(C#N)CCCCCC1. The van der Waals surface area contributed by atoms with Gasteiger partial charge in [0.15, 0.2) is 0 Å². The predicted molar refractivity (Wildman–Crippen MR) is 72.9 cm³/mol. The van der Waals surface area contributed by atoms with Gasteiger partial charge in [0.2, 0.25) is 5.91 Å². The normalized spacial score (nSPS) is 18.7. The first-order valence-corrected chi connectivity index (χ1v) is 7.41. The van der Waals surface area contributed by atoms with E-state index in [9.17, 15) is 10.1 Å². The van der Waals surface area contributed by atoms with E-state index in [0.29, 0.717) is 0 Å². The van der Waals surface area contributed by atoms with E-state index in [1.54, 1.807) is 0 Å². The highest BCUT2D eigenvalue weighted by atomic mass is 16.2. The molecule has 1 saturated carbocycles. The maximum atomic E-state index is 12.7. The quantitative estimate of drug-likeness (QED) is 0.701. The number of amides is 1. The molecule has 0 unspecified atom stereocenters. The smallest absolute Gasteiger partial charge is 0.243 e. The van der Waals surface area contributed by atoms with E-state index >= 15 is 0 Å². The monoisotopic (exact) mass is 250 g/mol. The van der Waals surface area contributed by atoms with Gasteiger partial charge in [0.25, 0.3) is 0 Å². The Morgan fingerprint density at radius 2 is 1.61 bits per heavy atom. The fourth-order valence-corrected chi connectivity index (χ4v) is 2.86. The second-order valence-electron chi connectivity index (χ2n) is 5.40. The Hall–Kier alpha value is -1.04. The molecule has 0 heterocycles. The van der Waals surface area contributed by atoms with Gasteiger partial charge in [-0.25, -0.2) is 0 Å². The number of rotatable bonds is 5. The molecule has 0 radical (unpaired) electrons. The summed E-state index contributed by atoms with van der Waals surface area (Å²) in [6.45, 7) is 5.75. The van der Waals surface area contributed by atoms with Gasteiger partial charge in [0.05, 0.1) is 6.07 Å². The number of carbonyl (C=O) groups is 1. The van der Waals surface area contributed by atoms with E-state index in [1.807, 2.05) is 4.90 Å². The number of nitrogens with zero attached hydrogens (tertiary/aromatic N) is 2. The van der Waals surface area contributed by atoms with Crippen molar-refractivity contribution in [1.82, 2.24) is 4.90 Å². The summed E-state index contributed by atoms with van der Waals surface area (Å²) in [6, 6.07) is 2.36. The Morgan fingerprint density at radius 3 is 2.00 bits per heavy atom. The van der Waals surface area contributed by atoms with E-state index in [-0.39, 0.29) is 5.91 Å². The third kappa shape index (κ3) is 3.48. The van der Waals surface area contributed by atoms with Crippen LogP contribution in [-0.4, -0.2) is 23.9 Å². The lowest BCUT2D eigenvalue weighted by molar-refractivity contribution is -0.139. The van der Waals surface area contributed by atoms with Crippen LogP contribution in [0.1, 0.15) is 65.2 Å². The van der Waals surface area contributed by atoms with Gasteiger partial charge >= 0.3 is 0 Å². The summed E-state index contributed by atoms with van der Waals surface area (Å²) < 4.78 is 0. The van der Waals surface area contributed by atoms with Crippen molar-refractivity contribution in [3.8, 4) is 6.07 Å². The molecule has 1 aliphatic carbocycles. The van der Waals surface area contributed by atoms with E-state index in [2.05, 4.69) is 19.9 Å². The van der Waals surface area contributed by atoms with Crippen LogP contribution in [0.15, 0.2) is 0 Å². The van der Waals surface area contributed by atoms with Crippen LogP contribution in [0.5, 0.6) is 0 Å². The minimum absolute atomic E-state index is 0.0931. The topological polar surface area (TPSA) is 44.1 Å². The zero-order valence-electron chi connectivity index (χ0n) is 11.9. The van der Waals surface area contributed by atoms with Gasteiger partial charge in [-0.3, -0.25) is 4.79 Å². The number of carbonyl (C=O) groups excluding carboxylic acids is 1. The summed E-state index contributed by atoms with van der Waals surface area (Å²) in [7, 11) is 0. The maximum absolute atomic E-state index is 12.7. The highest BCUT2D eigenvalue weighted by molar-refractivity contribution is 5.85. The second-order valence-corrected chi connectivity index (χ2v) is 5.40. The Kier molecular flexibility index (Phi) is 6.18. The minimum Gasteiger partial charge on any atom is -0.341 e. The third-order valence-electron chi connectivity index (χ3n) is 3.85. The lowest BCUT2D eigenvalue weighted by Gasteiger charge is -2.31. The number of hydrogen-bond donors (Lipinski definition) is 0. The van der Waals surface area contributed by atoms with E-state index in [4.69, 9.17) is 0 Å². The second kappa shape index (κ2) is 7.41. The Balaban J connectivity index is 2.83. The molecule has 1 fully saturated rings. The van der Waals surface area contributed by atoms with Gasteiger partial charge in [-0.1, -0.05) is 39.5 Å². The zero-order valence-corrected chi connectivity index (χ0v) is 11.9. The van der Waals surface area contributed by atoms with Crippen molar-refractivity contribution in [2.45, 2.75) is 65.2 Å². The molecule has 0 aromatic heterocycles. The largest absolute Gasteiger partial charge is 0.341 e. The van der Waals surface area contributed by atoms with Crippen molar-refractivity contribution in [3.05, 3.63) is 0 Å². The standard InChI is InChI=1S/C15H26N2O/c1-3-11-17(12-4-2)14(18)15(13-16)9-7-5-6-8-10-15/h3-12H2,1-2H3. The predicted octanol–water partition coefficient (Wildman–Crippen LogP) is 3.50. The molecule has 0 aliphatic heterocycles. The fraction of sp³-hybridized carbons (Fsp3) is 0.867. The summed E-state index contributed by atoms with van der Waals surface area (Å²) in [5, 5.41) is 9.52. The average molecular weight is 250 g/mol. The van der Waals surface area contributed by atoms with Crippen LogP contribution in [0.25, 0.3) is 0 Å². The fourth-order valence-electron chi connectivity index (χ4n) is 2.86. The molecule has 0 aromatic rings. The molecular formula is C15H26N2O. The minimum atomic E-state index is -0.721. The lowest BCUT2D eigenvalue weighted by atomic mass is 9.80. The lowest BCUT2D eigenvalue weighted by Crippen LogP contribution is -2.44. The number of nitriles is 1. The van der Waals surface area contributed by atoms with Crippen LogP contribution in [-0.2, 0) is 4.79 Å². The highest BCUT2D eigenvalue weighted by Gasteiger charge is 2.41. The molecule has 1 aliphatic rings. The van der Waals surface area contributed by atoms with Gasteiger partial charge < -0.3 is 4.90 Å². The van der Waals surface area contributed by atoms with Crippen LogP contribution in [0.2, 0.25) is 0 Å². The highest BCUT2D eigenvalue weighted by Crippen LogP contribution is 2.36. The van der Waals surface area contributed by atoms with Crippen molar-refractivity contribution in [3.63, 3.8) is 0 Å². The molecule has 1 amide bonds. The molecule has 0 atom stereocenters. The van der Waals surface area contributed by atoms with Crippen LogP contribution < -0.4 is 0 Å². The molecule has 0 aromatic carbocycles. The van der Waals surface area contributed by atoms with Crippen molar-refractivity contribution < 1.29 is 4.79 Å². The molecule has 102 valence electrons. The van der Waals surface area contributed by atoms with Crippen molar-refractivity contribution in [2.75, 3.05) is 13.1 Å². The first kappa shape index (κ1) is 15.0. The van der Waals surface area contributed by atoms with Crippen LogP contribution >= 0.6 is 0 Å². The summed E-state index contributed by atoms with van der Waals surface area (Å²) in [5.74, 6) is 0.0931. The zero-order chi connectivity index (χ0) is 13.4. The summed E-state index contributed by atoms with van der Waals surface area (Å²) in [4.78, 5) is 14.6. The van der Waals surface area contributed by atoms with Gasteiger partial charge in [0.1, 0.15) is 5.41 Å². The molecule has 0 saturated heterocycles. The molecule has 3 heteroatoms. The average Bonchev–Trinajstić information content (AvgIpc) is 2.64. The van der Waals surface area contributed by atoms with Crippen LogP contribution in [0.4, 0.5) is 0 Å². The first-order valence-electron chi connectivity index (χ1n) is 7.41. The van der Waals surface area contributed by atoms with Crippen molar-refractivity contribution in [1.29, 1.82) is 5.26 Å². The van der Waals surface area contributed by atoms with E-state index < -0.39 is 5.41 Å². The molecule has 18 heavy (non-hydrogen) atoms. The molecule has 0 N–H and O–H groups in total. The van der Waals surface area contributed by atoms with Gasteiger partial charge in [-0.05, 0) is 25.7 Å². The molecule has 0 spiro atoms. The van der Waals surface area contributed by atoms with E-state index in [1.165, 1.54) is 0 Å². The van der Waals surface area contributed by atoms with Crippen LogP contribution in [0.3, 0.4) is 0 Å². The molecule has 3 nitrogen and oxygen atoms in total. The molecule has 0 bridgehead atoms. The molecular weight excluding hydrogens is 224 g/mol. The summed E-state index contributed by atoms with van der Waals surface area (Å²) >= 11 is 0. The Morgan fingerprint density at radius 1 is 1.11 bits per heavy atom. The maximum Gasteiger partial charge on any atom is 0.243 e. The van der Waals surface area contributed by atoms with Gasteiger partial charge in [0, 0.05) is 13.1 Å². The van der Waals surface area contributed by atoms with E-state index in [0.717, 1.165) is 64.5 Å². The Bertz CT molecular complexity index is 292. The van der Waals surface area contributed by atoms with Crippen LogP contribution in [0, 0.1) is 16.7 Å². The van der Waals surface area contributed by atoms with Crippen molar-refractivity contribution in [2.24, 2.45) is 5.41 Å². The summed E-state index contributed by atoms with van der Waals surface area (Å²) in [5.41, 5.74) is -0.721. The van der Waals surface area contributed by atoms with Gasteiger partial charge in [-0.2, -0.15) is 5.26 Å². The number of hydrogen-bond acceptors (Lipinski definition) is 2. The first-order chi connectivity index (χ1) is 8.70. The third-order valence-corrected chi connectivity index (χ3v) is 3.85.